The standard InChI is InChI=1S/C23H33N5O9S.C4H4O4/c1-23(2,3)24-14-16(15-35-21-20(25-38-26-21)27-8-10-33-11-9-27)37-22(29)17-6-5-7-18(32-4)19(17)34-12-13-36-28(30)31;5-3(6)1-2-4(7)8/h5-7,16,24H,8-15H2,1-4H3;1-2H,(H,5,6)(H,7,8)/b;2-1-/t16-;/m0./s1. The van der Waals surface area contributed by atoms with E-state index in [1.54, 1.807) is 12.1 Å². The van der Waals surface area contributed by atoms with Gasteiger partial charge in [0.25, 0.3) is 11.0 Å². The molecule has 1 aliphatic heterocycles. The van der Waals surface area contributed by atoms with Crippen LogP contribution in [0.2, 0.25) is 0 Å². The van der Waals surface area contributed by atoms with Gasteiger partial charge in [0.1, 0.15) is 31.5 Å². The first-order valence-electron chi connectivity index (χ1n) is 13.8. The van der Waals surface area contributed by atoms with Gasteiger partial charge in [-0.25, -0.2) is 14.4 Å². The van der Waals surface area contributed by atoms with Crippen LogP contribution in [0.15, 0.2) is 30.4 Å². The van der Waals surface area contributed by atoms with Gasteiger partial charge in [-0.3, -0.25) is 0 Å². The summed E-state index contributed by atoms with van der Waals surface area (Å²) in [6, 6.07) is 4.74. The number of benzene rings is 1. The zero-order valence-electron chi connectivity index (χ0n) is 25.7. The molecule has 1 aromatic carbocycles. The highest BCUT2D eigenvalue weighted by Crippen LogP contribution is 2.32. The lowest BCUT2D eigenvalue weighted by molar-refractivity contribution is -0.757. The molecule has 1 aromatic heterocycles. The van der Waals surface area contributed by atoms with Crippen molar-refractivity contribution in [2.45, 2.75) is 32.4 Å². The number of morpholine rings is 1. The lowest BCUT2D eigenvalue weighted by Gasteiger charge is -2.28. The van der Waals surface area contributed by atoms with Gasteiger partial charge in [0.05, 0.1) is 32.1 Å². The maximum atomic E-state index is 13.3. The molecule has 1 fully saturated rings. The van der Waals surface area contributed by atoms with Crippen molar-refractivity contribution in [1.29, 1.82) is 0 Å². The Bertz CT molecular complexity index is 1310. The van der Waals surface area contributed by atoms with E-state index in [1.807, 2.05) is 25.7 Å². The van der Waals surface area contributed by atoms with E-state index in [-0.39, 0.29) is 42.4 Å². The largest absolute Gasteiger partial charge is 0.493 e. The number of para-hydroxylation sites is 1. The average molecular weight is 672 g/mol. The zero-order valence-corrected chi connectivity index (χ0v) is 26.5. The number of carboxylic acid groups (broad SMARTS) is 2. The summed E-state index contributed by atoms with van der Waals surface area (Å²) in [4.78, 5) is 49.1. The second-order valence-corrected chi connectivity index (χ2v) is 10.7. The number of ether oxygens (including phenoxy) is 5. The molecular weight excluding hydrogens is 634 g/mol. The Morgan fingerprint density at radius 1 is 1.13 bits per heavy atom. The van der Waals surface area contributed by atoms with Gasteiger partial charge >= 0.3 is 17.9 Å². The molecule has 1 atom stereocenters. The third kappa shape index (κ3) is 13.9. The Balaban J connectivity index is 0.000000812. The minimum absolute atomic E-state index is 0.0222. The maximum Gasteiger partial charge on any atom is 0.342 e. The van der Waals surface area contributed by atoms with Crippen molar-refractivity contribution in [2.24, 2.45) is 0 Å². The van der Waals surface area contributed by atoms with Gasteiger partial charge in [-0.15, -0.1) is 14.5 Å². The number of hydrogen-bond donors (Lipinski definition) is 3. The van der Waals surface area contributed by atoms with Crippen LogP contribution in [-0.2, 0) is 23.9 Å². The Labute approximate surface area is 268 Å². The number of nitrogens with zero attached hydrogens (tertiary/aromatic N) is 4. The Kier molecular flexibility index (Phi) is 15.4. The molecule has 3 N–H and O–H groups in total. The minimum Gasteiger partial charge on any atom is -0.493 e. The third-order valence-corrected chi connectivity index (χ3v) is 6.11. The van der Waals surface area contributed by atoms with Crippen LogP contribution in [0, 0.1) is 10.1 Å². The van der Waals surface area contributed by atoms with E-state index in [4.69, 9.17) is 33.9 Å². The average Bonchev–Trinajstić information content (AvgIpc) is 3.48. The lowest BCUT2D eigenvalue weighted by atomic mass is 10.1. The molecule has 0 saturated carbocycles. The van der Waals surface area contributed by atoms with Crippen LogP contribution >= 0.6 is 11.7 Å². The molecule has 18 nitrogen and oxygen atoms in total. The second-order valence-electron chi connectivity index (χ2n) is 10.2. The molecule has 46 heavy (non-hydrogen) atoms. The molecular formula is C27H37N5O13S. The van der Waals surface area contributed by atoms with E-state index in [0.29, 0.717) is 56.7 Å². The van der Waals surface area contributed by atoms with Gasteiger partial charge in [0.15, 0.2) is 11.5 Å². The predicted molar refractivity (Wildman–Crippen MR) is 161 cm³/mol. The van der Waals surface area contributed by atoms with Gasteiger partial charge in [-0.05, 0) is 32.9 Å². The summed E-state index contributed by atoms with van der Waals surface area (Å²) >= 11 is 1.04. The number of esters is 1. The third-order valence-electron chi connectivity index (χ3n) is 5.61. The van der Waals surface area contributed by atoms with Gasteiger partial charge < -0.3 is 49.0 Å². The quantitative estimate of drug-likeness (QED) is 0.0757. The number of carbonyl (C=O) groups excluding carboxylic acids is 1. The van der Waals surface area contributed by atoms with Crippen molar-refractivity contribution >= 4 is 35.5 Å². The first kappa shape index (κ1) is 37.4. The Hall–Kier alpha value is -4.75. The monoisotopic (exact) mass is 671 g/mol. The number of aliphatic carboxylic acids is 2. The summed E-state index contributed by atoms with van der Waals surface area (Å²) in [6.45, 7) is 8.35. The molecule has 0 bridgehead atoms. The number of aromatic nitrogens is 2. The van der Waals surface area contributed by atoms with E-state index in [2.05, 4.69) is 18.9 Å². The highest BCUT2D eigenvalue weighted by molar-refractivity contribution is 6.99. The van der Waals surface area contributed by atoms with Crippen LogP contribution < -0.4 is 24.4 Å². The van der Waals surface area contributed by atoms with Crippen LogP contribution in [0.5, 0.6) is 17.4 Å². The first-order chi connectivity index (χ1) is 21.8. The van der Waals surface area contributed by atoms with Crippen molar-refractivity contribution in [1.82, 2.24) is 14.1 Å². The van der Waals surface area contributed by atoms with Crippen LogP contribution in [0.4, 0.5) is 5.82 Å². The normalized spacial score (nSPS) is 13.6. The molecule has 0 aliphatic carbocycles. The zero-order chi connectivity index (χ0) is 34.1. The van der Waals surface area contributed by atoms with Gasteiger partial charge in [0.2, 0.25) is 5.82 Å². The number of methoxy groups -OCH3 is 1. The molecule has 0 amide bonds. The van der Waals surface area contributed by atoms with E-state index >= 15 is 0 Å². The summed E-state index contributed by atoms with van der Waals surface area (Å²) in [7, 11) is 1.42. The maximum absolute atomic E-state index is 13.3. The molecule has 0 unspecified atom stereocenters. The Morgan fingerprint density at radius 2 is 1.80 bits per heavy atom. The summed E-state index contributed by atoms with van der Waals surface area (Å²) < 4.78 is 36.7. The fraction of sp³-hybridized carbons (Fsp3) is 0.519. The molecule has 0 radical (unpaired) electrons. The fourth-order valence-electron chi connectivity index (χ4n) is 3.56. The molecule has 19 heteroatoms. The van der Waals surface area contributed by atoms with E-state index in [0.717, 1.165) is 11.7 Å². The number of carboxylic acids is 2. The van der Waals surface area contributed by atoms with E-state index < -0.39 is 29.1 Å². The molecule has 2 heterocycles. The van der Waals surface area contributed by atoms with Crippen molar-refractivity contribution in [3.63, 3.8) is 0 Å². The predicted octanol–water partition coefficient (Wildman–Crippen LogP) is 1.67. The SMILES string of the molecule is COc1cccc(C(=O)O[C@@H](CNC(C)(C)C)COc2nsnc2N2CCOCC2)c1OCCO[N+](=O)[O-].O=C(O)/C=C\C(=O)O. The van der Waals surface area contributed by atoms with Crippen LogP contribution in [0.1, 0.15) is 31.1 Å². The lowest BCUT2D eigenvalue weighted by Crippen LogP contribution is -2.44. The minimum atomic E-state index is -1.26. The van der Waals surface area contributed by atoms with Crippen LogP contribution in [0.25, 0.3) is 0 Å². The van der Waals surface area contributed by atoms with Crippen molar-refractivity contribution in [3.8, 4) is 17.4 Å². The molecule has 254 valence electrons. The molecule has 1 saturated heterocycles. The summed E-state index contributed by atoms with van der Waals surface area (Å²) in [6.07, 6.45) is 0.419. The van der Waals surface area contributed by atoms with E-state index in [9.17, 15) is 24.5 Å². The summed E-state index contributed by atoms with van der Waals surface area (Å²) in [5, 5.41) is 28.4. The summed E-state index contributed by atoms with van der Waals surface area (Å²) in [5.41, 5.74) is -0.150. The number of anilines is 1. The number of hydrogen-bond acceptors (Lipinski definition) is 16. The van der Waals surface area contributed by atoms with Crippen molar-refractivity contribution in [3.05, 3.63) is 46.0 Å². The van der Waals surface area contributed by atoms with Crippen LogP contribution in [0.3, 0.4) is 0 Å². The fourth-order valence-corrected chi connectivity index (χ4v) is 4.08. The summed E-state index contributed by atoms with van der Waals surface area (Å²) in [5.74, 6) is -1.83. The molecule has 2 aromatic rings. The molecule has 3 rings (SSSR count). The van der Waals surface area contributed by atoms with Gasteiger partial charge in [-0.1, -0.05) is 6.07 Å². The van der Waals surface area contributed by atoms with E-state index in [1.165, 1.54) is 13.2 Å². The highest BCUT2D eigenvalue weighted by Gasteiger charge is 2.26. The number of carbonyl (C=O) groups is 3. The number of nitrogens with one attached hydrogen (secondary N) is 1. The molecule has 1 aliphatic rings. The Morgan fingerprint density at radius 3 is 2.39 bits per heavy atom. The molecule has 0 spiro atoms. The first-order valence-corrected chi connectivity index (χ1v) is 14.5. The van der Waals surface area contributed by atoms with Crippen molar-refractivity contribution < 1.29 is 58.2 Å². The van der Waals surface area contributed by atoms with Crippen LogP contribution in [-0.4, -0.2) is 113 Å². The van der Waals surface area contributed by atoms with Gasteiger partial charge in [0, 0.05) is 37.3 Å². The number of rotatable bonds is 16. The smallest absolute Gasteiger partial charge is 0.342 e. The highest BCUT2D eigenvalue weighted by atomic mass is 32.1. The van der Waals surface area contributed by atoms with Gasteiger partial charge in [-0.2, -0.15) is 4.37 Å². The second kappa shape index (κ2) is 18.9. The topological polar surface area (TPSA) is 231 Å². The van der Waals surface area contributed by atoms with Crippen molar-refractivity contribution in [2.75, 3.05) is 64.7 Å².